The normalized spacial score (nSPS) is 15.9. The SMILES string of the molecule is FC(F)(F)c1ccc(N2CCCCC2)c(Nc2nccs2)c1. The molecule has 0 unspecified atom stereocenters. The van der Waals surface area contributed by atoms with Gasteiger partial charge in [0.1, 0.15) is 0 Å². The molecule has 22 heavy (non-hydrogen) atoms. The molecule has 7 heteroatoms. The fraction of sp³-hybridized carbons (Fsp3) is 0.400. The maximum Gasteiger partial charge on any atom is 0.416 e. The van der Waals surface area contributed by atoms with Crippen molar-refractivity contribution in [3.63, 3.8) is 0 Å². The van der Waals surface area contributed by atoms with E-state index in [4.69, 9.17) is 0 Å². The minimum Gasteiger partial charge on any atom is -0.370 e. The molecule has 0 atom stereocenters. The van der Waals surface area contributed by atoms with Crippen LogP contribution in [0.15, 0.2) is 29.8 Å². The standard InChI is InChI=1S/C15H16F3N3S/c16-15(17,18)11-4-5-13(21-7-2-1-3-8-21)12(10-11)20-14-19-6-9-22-14/h4-6,9-10H,1-3,7-8H2,(H,19,20). The van der Waals surface area contributed by atoms with Gasteiger partial charge in [-0.1, -0.05) is 0 Å². The van der Waals surface area contributed by atoms with Gasteiger partial charge < -0.3 is 10.2 Å². The summed E-state index contributed by atoms with van der Waals surface area (Å²) in [6, 6.07) is 3.88. The number of hydrogen-bond acceptors (Lipinski definition) is 4. The summed E-state index contributed by atoms with van der Waals surface area (Å²) >= 11 is 1.36. The zero-order valence-electron chi connectivity index (χ0n) is 11.9. The molecule has 0 saturated carbocycles. The largest absolute Gasteiger partial charge is 0.416 e. The van der Waals surface area contributed by atoms with Gasteiger partial charge in [0.25, 0.3) is 0 Å². The van der Waals surface area contributed by atoms with Gasteiger partial charge in [-0.05, 0) is 37.5 Å². The second kappa shape index (κ2) is 6.16. The van der Waals surface area contributed by atoms with E-state index in [-0.39, 0.29) is 0 Å². The van der Waals surface area contributed by atoms with E-state index in [2.05, 4.69) is 15.2 Å². The Morgan fingerprint density at radius 2 is 1.91 bits per heavy atom. The topological polar surface area (TPSA) is 28.2 Å². The summed E-state index contributed by atoms with van der Waals surface area (Å²) in [4.78, 5) is 6.24. The number of anilines is 3. The van der Waals surface area contributed by atoms with E-state index in [9.17, 15) is 13.2 Å². The van der Waals surface area contributed by atoms with Crippen LogP contribution >= 0.6 is 11.3 Å². The van der Waals surface area contributed by atoms with Crippen LogP contribution in [0.2, 0.25) is 0 Å². The van der Waals surface area contributed by atoms with E-state index in [1.807, 2.05) is 0 Å². The Morgan fingerprint density at radius 1 is 1.14 bits per heavy atom. The number of rotatable bonds is 3. The number of aromatic nitrogens is 1. The Morgan fingerprint density at radius 3 is 2.55 bits per heavy atom. The smallest absolute Gasteiger partial charge is 0.370 e. The second-order valence-corrected chi connectivity index (χ2v) is 6.13. The summed E-state index contributed by atoms with van der Waals surface area (Å²) in [5.74, 6) is 0. The zero-order chi connectivity index (χ0) is 15.6. The molecular formula is C15H16F3N3S. The Labute approximate surface area is 130 Å². The van der Waals surface area contributed by atoms with Gasteiger partial charge in [0.2, 0.25) is 0 Å². The molecule has 1 aliphatic rings. The van der Waals surface area contributed by atoms with E-state index in [0.717, 1.165) is 37.7 Å². The Hall–Kier alpha value is -1.76. The highest BCUT2D eigenvalue weighted by molar-refractivity contribution is 7.13. The number of halogens is 3. The van der Waals surface area contributed by atoms with Crippen LogP contribution in [0.5, 0.6) is 0 Å². The molecule has 1 saturated heterocycles. The predicted octanol–water partition coefficient (Wildman–Crippen LogP) is 4.90. The maximum atomic E-state index is 13.0. The van der Waals surface area contributed by atoms with Gasteiger partial charge in [0, 0.05) is 24.7 Å². The molecule has 1 N–H and O–H groups in total. The van der Waals surface area contributed by atoms with Gasteiger partial charge in [0.15, 0.2) is 5.13 Å². The first-order valence-electron chi connectivity index (χ1n) is 7.17. The summed E-state index contributed by atoms with van der Waals surface area (Å²) < 4.78 is 38.9. The van der Waals surface area contributed by atoms with Crippen molar-refractivity contribution in [1.82, 2.24) is 4.98 Å². The van der Waals surface area contributed by atoms with Crippen LogP contribution in [-0.2, 0) is 6.18 Å². The number of alkyl halides is 3. The van der Waals surface area contributed by atoms with Gasteiger partial charge in [-0.15, -0.1) is 11.3 Å². The van der Waals surface area contributed by atoms with Crippen molar-refractivity contribution >= 4 is 27.8 Å². The van der Waals surface area contributed by atoms with Gasteiger partial charge in [-0.25, -0.2) is 4.98 Å². The molecule has 118 valence electrons. The van der Waals surface area contributed by atoms with E-state index < -0.39 is 11.7 Å². The molecule has 0 spiro atoms. The third-order valence-corrected chi connectivity index (χ3v) is 4.38. The third-order valence-electron chi connectivity index (χ3n) is 3.69. The Kier molecular flexibility index (Phi) is 4.24. The number of benzene rings is 1. The van der Waals surface area contributed by atoms with E-state index >= 15 is 0 Å². The van der Waals surface area contributed by atoms with Crippen molar-refractivity contribution in [2.75, 3.05) is 23.3 Å². The molecule has 0 radical (unpaired) electrons. The van der Waals surface area contributed by atoms with Gasteiger partial charge in [-0.3, -0.25) is 0 Å². The molecule has 1 fully saturated rings. The second-order valence-electron chi connectivity index (χ2n) is 5.24. The summed E-state index contributed by atoms with van der Waals surface area (Å²) in [7, 11) is 0. The predicted molar refractivity (Wildman–Crippen MR) is 82.9 cm³/mol. The van der Waals surface area contributed by atoms with Crippen molar-refractivity contribution in [3.05, 3.63) is 35.3 Å². The molecule has 0 amide bonds. The number of nitrogens with zero attached hydrogens (tertiary/aromatic N) is 2. The van der Waals surface area contributed by atoms with Crippen LogP contribution < -0.4 is 10.2 Å². The fourth-order valence-corrected chi connectivity index (χ4v) is 3.16. The van der Waals surface area contributed by atoms with Crippen molar-refractivity contribution in [1.29, 1.82) is 0 Å². The van der Waals surface area contributed by atoms with E-state index in [1.54, 1.807) is 17.6 Å². The minimum atomic E-state index is -4.35. The summed E-state index contributed by atoms with van der Waals surface area (Å²) in [5, 5.41) is 5.41. The first-order valence-corrected chi connectivity index (χ1v) is 8.05. The van der Waals surface area contributed by atoms with Crippen LogP contribution in [0.3, 0.4) is 0 Å². The fourth-order valence-electron chi connectivity index (χ4n) is 2.62. The summed E-state index contributed by atoms with van der Waals surface area (Å²) in [5.41, 5.74) is 0.627. The molecule has 0 bridgehead atoms. The summed E-state index contributed by atoms with van der Waals surface area (Å²) in [6.45, 7) is 1.75. The van der Waals surface area contributed by atoms with Gasteiger partial charge in [0.05, 0.1) is 16.9 Å². The quantitative estimate of drug-likeness (QED) is 0.869. The molecule has 3 rings (SSSR count). The van der Waals surface area contributed by atoms with E-state index in [1.165, 1.54) is 23.8 Å². The lowest BCUT2D eigenvalue weighted by Gasteiger charge is -2.31. The number of hydrogen-bond donors (Lipinski definition) is 1. The van der Waals surface area contributed by atoms with Crippen molar-refractivity contribution in [3.8, 4) is 0 Å². The first kappa shape index (κ1) is 15.1. The molecule has 0 aliphatic carbocycles. The van der Waals surface area contributed by atoms with E-state index in [0.29, 0.717) is 10.8 Å². The highest BCUT2D eigenvalue weighted by Crippen LogP contribution is 2.37. The third kappa shape index (κ3) is 3.35. The molecular weight excluding hydrogens is 311 g/mol. The maximum absolute atomic E-state index is 13.0. The number of piperidine rings is 1. The number of thiazole rings is 1. The van der Waals surface area contributed by atoms with Crippen molar-refractivity contribution in [2.24, 2.45) is 0 Å². The van der Waals surface area contributed by atoms with Crippen LogP contribution in [0.4, 0.5) is 29.7 Å². The average Bonchev–Trinajstić information content (AvgIpc) is 3.00. The molecule has 3 nitrogen and oxygen atoms in total. The van der Waals surface area contributed by atoms with Crippen LogP contribution in [0.25, 0.3) is 0 Å². The monoisotopic (exact) mass is 327 g/mol. The minimum absolute atomic E-state index is 0.465. The number of nitrogens with one attached hydrogen (secondary N) is 1. The van der Waals surface area contributed by atoms with Gasteiger partial charge >= 0.3 is 6.18 Å². The highest BCUT2D eigenvalue weighted by Gasteiger charge is 2.31. The van der Waals surface area contributed by atoms with Crippen molar-refractivity contribution < 1.29 is 13.2 Å². The lowest BCUT2D eigenvalue weighted by atomic mass is 10.1. The molecule has 2 heterocycles. The van der Waals surface area contributed by atoms with Crippen LogP contribution in [-0.4, -0.2) is 18.1 Å². The Balaban J connectivity index is 1.96. The van der Waals surface area contributed by atoms with Crippen LogP contribution in [0, 0.1) is 0 Å². The zero-order valence-corrected chi connectivity index (χ0v) is 12.7. The van der Waals surface area contributed by atoms with Gasteiger partial charge in [-0.2, -0.15) is 13.2 Å². The molecule has 1 aliphatic heterocycles. The Bertz CT molecular complexity index is 619. The van der Waals surface area contributed by atoms with Crippen LogP contribution in [0.1, 0.15) is 24.8 Å². The first-order chi connectivity index (χ1) is 10.5. The molecule has 1 aromatic heterocycles. The lowest BCUT2D eigenvalue weighted by molar-refractivity contribution is -0.137. The molecule has 1 aromatic carbocycles. The highest BCUT2D eigenvalue weighted by atomic mass is 32.1. The molecule has 2 aromatic rings. The summed E-state index contributed by atoms with van der Waals surface area (Å²) in [6.07, 6.45) is 0.586. The lowest BCUT2D eigenvalue weighted by Crippen LogP contribution is -2.30. The average molecular weight is 327 g/mol. The van der Waals surface area contributed by atoms with Crippen molar-refractivity contribution in [2.45, 2.75) is 25.4 Å².